The van der Waals surface area contributed by atoms with E-state index in [1.165, 1.54) is 6.26 Å². The Morgan fingerprint density at radius 1 is 1.07 bits per heavy atom. The summed E-state index contributed by atoms with van der Waals surface area (Å²) in [6.07, 6.45) is 2.72. The number of aryl methyl sites for hydroxylation is 1. The fourth-order valence-corrected chi connectivity index (χ4v) is 2.85. The summed E-state index contributed by atoms with van der Waals surface area (Å²) in [6, 6.07) is 12.1. The Morgan fingerprint density at radius 3 is 2.56 bits per heavy atom. The number of benzene rings is 2. The molecule has 0 saturated heterocycles. The van der Waals surface area contributed by atoms with Gasteiger partial charge in [-0.25, -0.2) is 0 Å². The number of hydrogen-bond acceptors (Lipinski definition) is 5. The van der Waals surface area contributed by atoms with Crippen LogP contribution in [0.3, 0.4) is 0 Å². The number of fused-ring (bicyclic) bond motifs is 1. The predicted octanol–water partition coefficient (Wildman–Crippen LogP) is 5.24. The highest BCUT2D eigenvalue weighted by atomic mass is 16.5. The number of carbonyl (C=O) groups excluding carboxylic acids is 1. The maximum atomic E-state index is 12.7. The molecule has 1 aromatic heterocycles. The van der Waals surface area contributed by atoms with Gasteiger partial charge in [-0.15, -0.1) is 0 Å². The summed E-state index contributed by atoms with van der Waals surface area (Å²) in [6.45, 7) is 5.84. The molecule has 0 aliphatic rings. The molecule has 5 heteroatoms. The number of rotatable bonds is 6. The second kappa shape index (κ2) is 8.08. The summed E-state index contributed by atoms with van der Waals surface area (Å²) in [5.74, 6) is 0.612. The van der Waals surface area contributed by atoms with Crippen molar-refractivity contribution in [1.82, 2.24) is 0 Å². The van der Waals surface area contributed by atoms with Crippen LogP contribution in [-0.4, -0.2) is 5.97 Å². The van der Waals surface area contributed by atoms with Crippen LogP contribution in [0.4, 0.5) is 0 Å². The van der Waals surface area contributed by atoms with Gasteiger partial charge < -0.3 is 13.9 Å². The van der Waals surface area contributed by atoms with E-state index < -0.39 is 0 Å². The fourth-order valence-electron chi connectivity index (χ4n) is 2.85. The molecule has 0 aliphatic carbocycles. The third kappa shape index (κ3) is 4.19. The van der Waals surface area contributed by atoms with Crippen molar-refractivity contribution in [3.8, 4) is 17.2 Å². The Hall–Kier alpha value is -3.08. The molecule has 0 spiro atoms. The van der Waals surface area contributed by atoms with Crippen molar-refractivity contribution in [2.24, 2.45) is 5.92 Å². The van der Waals surface area contributed by atoms with Crippen LogP contribution in [0.2, 0.25) is 0 Å². The maximum Gasteiger partial charge on any atom is 0.314 e. The van der Waals surface area contributed by atoms with Gasteiger partial charge in [0.15, 0.2) is 0 Å². The summed E-state index contributed by atoms with van der Waals surface area (Å²) in [5, 5.41) is 0.363. The van der Waals surface area contributed by atoms with Gasteiger partial charge in [0.2, 0.25) is 11.2 Å². The first-order valence-corrected chi connectivity index (χ1v) is 9.03. The third-order valence-corrected chi connectivity index (χ3v) is 4.47. The molecular formula is C22H22O5. The van der Waals surface area contributed by atoms with Gasteiger partial charge in [0.1, 0.15) is 23.3 Å². The van der Waals surface area contributed by atoms with Crippen LogP contribution in [0.15, 0.2) is 57.9 Å². The van der Waals surface area contributed by atoms with Gasteiger partial charge in [-0.1, -0.05) is 26.0 Å². The lowest BCUT2D eigenvalue weighted by Crippen LogP contribution is -2.19. The predicted molar refractivity (Wildman–Crippen MR) is 103 cm³/mol. The lowest BCUT2D eigenvalue weighted by atomic mass is 10.0. The van der Waals surface area contributed by atoms with E-state index in [1.807, 2.05) is 39.0 Å². The summed E-state index contributed by atoms with van der Waals surface area (Å²) in [4.78, 5) is 24.8. The molecule has 27 heavy (non-hydrogen) atoms. The Balaban J connectivity index is 1.87. The molecule has 3 aromatic rings. The molecule has 2 aromatic carbocycles. The van der Waals surface area contributed by atoms with Crippen LogP contribution in [0.25, 0.3) is 11.0 Å². The summed E-state index contributed by atoms with van der Waals surface area (Å²) in [5.41, 5.74) is 1.09. The van der Waals surface area contributed by atoms with Gasteiger partial charge in [0.05, 0.1) is 11.3 Å². The SMILES string of the molecule is CCC(CC)C(=O)Oc1ccc2c(=O)c(Oc3cccc(C)c3)coc2c1. The summed E-state index contributed by atoms with van der Waals surface area (Å²) < 4.78 is 16.6. The minimum absolute atomic E-state index is 0.106. The average Bonchev–Trinajstić information content (AvgIpc) is 2.65. The molecule has 0 amide bonds. The first kappa shape index (κ1) is 18.7. The molecule has 1 heterocycles. The maximum absolute atomic E-state index is 12.7. The van der Waals surface area contributed by atoms with Crippen molar-refractivity contribution in [1.29, 1.82) is 0 Å². The Labute approximate surface area is 157 Å². The molecule has 0 unspecified atom stereocenters. The van der Waals surface area contributed by atoms with Gasteiger partial charge in [0.25, 0.3) is 0 Å². The monoisotopic (exact) mass is 366 g/mol. The number of hydrogen-bond donors (Lipinski definition) is 0. The zero-order chi connectivity index (χ0) is 19.4. The van der Waals surface area contributed by atoms with Crippen molar-refractivity contribution in [2.45, 2.75) is 33.6 Å². The first-order chi connectivity index (χ1) is 13.0. The van der Waals surface area contributed by atoms with Crippen LogP contribution in [0.1, 0.15) is 32.3 Å². The van der Waals surface area contributed by atoms with Crippen LogP contribution in [-0.2, 0) is 4.79 Å². The Bertz CT molecular complexity index is 1010. The first-order valence-electron chi connectivity index (χ1n) is 9.03. The molecule has 0 fully saturated rings. The molecule has 140 valence electrons. The van der Waals surface area contributed by atoms with E-state index >= 15 is 0 Å². The second-order valence-electron chi connectivity index (χ2n) is 6.44. The largest absolute Gasteiger partial charge is 0.460 e. The van der Waals surface area contributed by atoms with Crippen molar-refractivity contribution < 1.29 is 18.7 Å². The van der Waals surface area contributed by atoms with Crippen molar-refractivity contribution >= 4 is 16.9 Å². The van der Waals surface area contributed by atoms with Gasteiger partial charge >= 0.3 is 5.97 Å². The Kier molecular flexibility index (Phi) is 5.60. The quantitative estimate of drug-likeness (QED) is 0.441. The van der Waals surface area contributed by atoms with Crippen LogP contribution in [0, 0.1) is 12.8 Å². The lowest BCUT2D eigenvalue weighted by Gasteiger charge is -2.12. The second-order valence-corrected chi connectivity index (χ2v) is 6.44. The van der Waals surface area contributed by atoms with E-state index in [2.05, 4.69) is 0 Å². The number of ether oxygens (including phenoxy) is 2. The zero-order valence-corrected chi connectivity index (χ0v) is 15.7. The molecule has 0 saturated carbocycles. The molecule has 0 aliphatic heterocycles. The highest BCUT2D eigenvalue weighted by Gasteiger charge is 2.17. The molecule has 0 atom stereocenters. The van der Waals surface area contributed by atoms with Crippen LogP contribution < -0.4 is 14.9 Å². The van der Waals surface area contributed by atoms with Gasteiger partial charge in [-0.05, 0) is 49.6 Å². The molecule has 0 N–H and O–H groups in total. The molecule has 3 rings (SSSR count). The van der Waals surface area contributed by atoms with Gasteiger partial charge in [-0.3, -0.25) is 9.59 Å². The van der Waals surface area contributed by atoms with Crippen molar-refractivity contribution in [2.75, 3.05) is 0 Å². The average molecular weight is 366 g/mol. The molecule has 0 bridgehead atoms. The van der Waals surface area contributed by atoms with Crippen molar-refractivity contribution in [3.05, 3.63) is 64.5 Å². The van der Waals surface area contributed by atoms with Crippen LogP contribution >= 0.6 is 0 Å². The number of esters is 1. The smallest absolute Gasteiger partial charge is 0.314 e. The minimum Gasteiger partial charge on any atom is -0.460 e. The Morgan fingerprint density at radius 2 is 1.85 bits per heavy atom. The zero-order valence-electron chi connectivity index (χ0n) is 15.7. The van der Waals surface area contributed by atoms with E-state index in [-0.39, 0.29) is 23.1 Å². The molecule has 0 radical (unpaired) electrons. The van der Waals surface area contributed by atoms with Gasteiger partial charge in [-0.2, -0.15) is 0 Å². The fraction of sp³-hybridized carbons (Fsp3) is 0.273. The van der Waals surface area contributed by atoms with Crippen molar-refractivity contribution in [3.63, 3.8) is 0 Å². The number of carbonyl (C=O) groups is 1. The highest BCUT2D eigenvalue weighted by Crippen LogP contribution is 2.25. The standard InChI is InChI=1S/C22H22O5/c1-4-15(5-2)22(24)27-17-9-10-18-19(12-17)25-13-20(21(18)23)26-16-8-6-7-14(3)11-16/h6-13,15H,4-5H2,1-3H3. The summed E-state index contributed by atoms with van der Waals surface area (Å²) >= 11 is 0. The van der Waals surface area contributed by atoms with E-state index in [9.17, 15) is 9.59 Å². The lowest BCUT2D eigenvalue weighted by molar-refractivity contribution is -0.139. The van der Waals surface area contributed by atoms with E-state index in [0.717, 1.165) is 18.4 Å². The van der Waals surface area contributed by atoms with Gasteiger partial charge in [0, 0.05) is 6.07 Å². The minimum atomic E-state index is -0.282. The third-order valence-electron chi connectivity index (χ3n) is 4.47. The normalized spacial score (nSPS) is 11.0. The molecular weight excluding hydrogens is 344 g/mol. The summed E-state index contributed by atoms with van der Waals surface area (Å²) in [7, 11) is 0. The van der Waals surface area contributed by atoms with E-state index in [4.69, 9.17) is 13.9 Å². The van der Waals surface area contributed by atoms with E-state index in [0.29, 0.717) is 22.5 Å². The van der Waals surface area contributed by atoms with E-state index in [1.54, 1.807) is 24.3 Å². The highest BCUT2D eigenvalue weighted by molar-refractivity contribution is 5.81. The van der Waals surface area contributed by atoms with Crippen LogP contribution in [0.5, 0.6) is 17.2 Å². The molecule has 5 nitrogen and oxygen atoms in total. The topological polar surface area (TPSA) is 65.7 Å².